The normalized spacial score (nSPS) is 10.1. The van der Waals surface area contributed by atoms with Crippen molar-refractivity contribution < 1.29 is 13.9 Å². The molecule has 0 unspecified atom stereocenters. The van der Waals surface area contributed by atoms with Crippen LogP contribution >= 0.6 is 0 Å². The van der Waals surface area contributed by atoms with Gasteiger partial charge in [-0.15, -0.1) is 0 Å². The van der Waals surface area contributed by atoms with Crippen LogP contribution in [-0.4, -0.2) is 10.1 Å². The lowest BCUT2D eigenvalue weighted by Gasteiger charge is -2.06. The summed E-state index contributed by atoms with van der Waals surface area (Å²) < 4.78 is 24.7. The van der Waals surface area contributed by atoms with Crippen LogP contribution in [-0.2, 0) is 6.61 Å². The standard InChI is InChI=1S/C8H6F2N2O/c9-8(10)7-5(3-11)1-2-12-6(7)4-13/h1-2,8,13H,4H2. The zero-order valence-corrected chi connectivity index (χ0v) is 6.54. The van der Waals surface area contributed by atoms with Crippen LogP contribution in [0, 0.1) is 11.3 Å². The molecule has 1 aromatic rings. The van der Waals surface area contributed by atoms with E-state index in [0.29, 0.717) is 0 Å². The van der Waals surface area contributed by atoms with Crippen LogP contribution in [0.15, 0.2) is 12.3 Å². The molecule has 1 heterocycles. The van der Waals surface area contributed by atoms with Crippen LogP contribution in [0.5, 0.6) is 0 Å². The van der Waals surface area contributed by atoms with Crippen molar-refractivity contribution in [3.05, 3.63) is 29.1 Å². The first-order valence-electron chi connectivity index (χ1n) is 3.47. The van der Waals surface area contributed by atoms with Gasteiger partial charge in [0.05, 0.1) is 29.5 Å². The number of rotatable bonds is 2. The predicted molar refractivity (Wildman–Crippen MR) is 39.8 cm³/mol. The summed E-state index contributed by atoms with van der Waals surface area (Å²) in [4.78, 5) is 3.55. The number of aliphatic hydroxyl groups is 1. The van der Waals surface area contributed by atoms with Crippen molar-refractivity contribution in [2.45, 2.75) is 13.0 Å². The molecule has 0 saturated heterocycles. The van der Waals surface area contributed by atoms with Gasteiger partial charge in [-0.25, -0.2) is 8.78 Å². The van der Waals surface area contributed by atoms with Crippen molar-refractivity contribution in [1.82, 2.24) is 4.98 Å². The van der Waals surface area contributed by atoms with Gasteiger partial charge in [-0.1, -0.05) is 0 Å². The maximum absolute atomic E-state index is 12.4. The Hall–Kier alpha value is -1.54. The van der Waals surface area contributed by atoms with Gasteiger partial charge in [0.1, 0.15) is 0 Å². The highest BCUT2D eigenvalue weighted by Gasteiger charge is 2.17. The Morgan fingerprint density at radius 2 is 2.31 bits per heavy atom. The van der Waals surface area contributed by atoms with Crippen molar-refractivity contribution in [3.63, 3.8) is 0 Å². The predicted octanol–water partition coefficient (Wildman–Crippen LogP) is 1.38. The highest BCUT2D eigenvalue weighted by molar-refractivity contribution is 5.39. The lowest BCUT2D eigenvalue weighted by Crippen LogP contribution is -2.01. The summed E-state index contributed by atoms with van der Waals surface area (Å²) >= 11 is 0. The fourth-order valence-electron chi connectivity index (χ4n) is 0.984. The summed E-state index contributed by atoms with van der Waals surface area (Å²) in [6.45, 7) is -0.588. The number of pyridine rings is 1. The first-order chi connectivity index (χ1) is 6.20. The molecule has 0 fully saturated rings. The maximum Gasteiger partial charge on any atom is 0.266 e. The summed E-state index contributed by atoms with van der Waals surface area (Å²) in [5.74, 6) is 0. The van der Waals surface area contributed by atoms with E-state index < -0.39 is 18.6 Å². The molecule has 1 rings (SSSR count). The van der Waals surface area contributed by atoms with Gasteiger partial charge in [0.2, 0.25) is 0 Å². The molecular weight excluding hydrogens is 178 g/mol. The van der Waals surface area contributed by atoms with Crippen molar-refractivity contribution in [2.75, 3.05) is 0 Å². The number of hydrogen-bond acceptors (Lipinski definition) is 3. The van der Waals surface area contributed by atoms with E-state index >= 15 is 0 Å². The minimum atomic E-state index is -2.79. The van der Waals surface area contributed by atoms with Crippen LogP contribution in [0.4, 0.5) is 8.78 Å². The average molecular weight is 184 g/mol. The molecule has 0 radical (unpaired) electrons. The van der Waals surface area contributed by atoms with E-state index in [2.05, 4.69) is 4.98 Å². The molecule has 0 aliphatic carbocycles. The van der Waals surface area contributed by atoms with Gasteiger partial charge in [0.15, 0.2) is 0 Å². The number of aromatic nitrogens is 1. The molecule has 68 valence electrons. The third-order valence-corrected chi connectivity index (χ3v) is 1.56. The van der Waals surface area contributed by atoms with Crippen LogP contribution in [0.2, 0.25) is 0 Å². The van der Waals surface area contributed by atoms with Gasteiger partial charge >= 0.3 is 0 Å². The average Bonchev–Trinajstić information content (AvgIpc) is 2.16. The number of hydrogen-bond donors (Lipinski definition) is 1. The molecule has 0 atom stereocenters. The fourth-order valence-corrected chi connectivity index (χ4v) is 0.984. The minimum absolute atomic E-state index is 0.144. The number of nitriles is 1. The second kappa shape index (κ2) is 3.92. The van der Waals surface area contributed by atoms with E-state index in [1.54, 1.807) is 6.07 Å². The molecule has 1 N–H and O–H groups in total. The first-order valence-corrected chi connectivity index (χ1v) is 3.47. The molecule has 0 bridgehead atoms. The van der Waals surface area contributed by atoms with Gasteiger partial charge in [0, 0.05) is 6.20 Å². The molecular formula is C8H6F2N2O. The fraction of sp³-hybridized carbons (Fsp3) is 0.250. The topological polar surface area (TPSA) is 56.9 Å². The third kappa shape index (κ3) is 1.79. The third-order valence-electron chi connectivity index (χ3n) is 1.56. The molecule has 3 nitrogen and oxygen atoms in total. The van der Waals surface area contributed by atoms with Crippen LogP contribution < -0.4 is 0 Å². The second-order valence-electron chi connectivity index (χ2n) is 2.29. The van der Waals surface area contributed by atoms with Gasteiger partial charge in [-0.2, -0.15) is 5.26 Å². The lowest BCUT2D eigenvalue weighted by atomic mass is 10.1. The Balaban J connectivity index is 3.32. The van der Waals surface area contributed by atoms with Crippen molar-refractivity contribution in [2.24, 2.45) is 0 Å². The zero-order chi connectivity index (χ0) is 9.84. The molecule has 0 aliphatic heterocycles. The first kappa shape index (κ1) is 9.55. The maximum atomic E-state index is 12.4. The Morgan fingerprint density at radius 1 is 1.62 bits per heavy atom. The smallest absolute Gasteiger partial charge is 0.266 e. The summed E-state index contributed by atoms with van der Waals surface area (Å²) in [7, 11) is 0. The Morgan fingerprint density at radius 3 is 2.77 bits per heavy atom. The van der Waals surface area contributed by atoms with Crippen LogP contribution in [0.1, 0.15) is 23.2 Å². The van der Waals surface area contributed by atoms with Crippen molar-refractivity contribution in [3.8, 4) is 6.07 Å². The summed E-state index contributed by atoms with van der Waals surface area (Å²) in [5.41, 5.74) is -0.768. The summed E-state index contributed by atoms with van der Waals surface area (Å²) in [6.07, 6.45) is -1.57. The molecule has 0 saturated carbocycles. The number of halogens is 2. The van der Waals surface area contributed by atoms with Gasteiger partial charge in [0.25, 0.3) is 6.43 Å². The zero-order valence-electron chi connectivity index (χ0n) is 6.54. The van der Waals surface area contributed by atoms with E-state index in [1.807, 2.05) is 0 Å². The molecule has 0 aliphatic rings. The van der Waals surface area contributed by atoms with E-state index in [4.69, 9.17) is 10.4 Å². The quantitative estimate of drug-likeness (QED) is 0.755. The highest BCUT2D eigenvalue weighted by atomic mass is 19.3. The number of nitrogens with zero attached hydrogens (tertiary/aromatic N) is 2. The van der Waals surface area contributed by atoms with E-state index in [-0.39, 0.29) is 11.3 Å². The summed E-state index contributed by atoms with van der Waals surface area (Å²) in [6, 6.07) is 2.82. The van der Waals surface area contributed by atoms with E-state index in [9.17, 15) is 8.78 Å². The molecule has 5 heteroatoms. The molecule has 0 aromatic carbocycles. The second-order valence-corrected chi connectivity index (χ2v) is 2.29. The van der Waals surface area contributed by atoms with Gasteiger partial charge in [-0.05, 0) is 6.07 Å². The van der Waals surface area contributed by atoms with Crippen LogP contribution in [0.25, 0.3) is 0 Å². The molecule has 0 spiro atoms. The number of alkyl halides is 2. The summed E-state index contributed by atoms with van der Waals surface area (Å²) in [5, 5.41) is 17.2. The Labute approximate surface area is 73.3 Å². The Kier molecular flexibility index (Phi) is 2.88. The van der Waals surface area contributed by atoms with Crippen molar-refractivity contribution >= 4 is 0 Å². The monoisotopic (exact) mass is 184 g/mol. The molecule has 0 amide bonds. The van der Waals surface area contributed by atoms with Crippen LogP contribution in [0.3, 0.4) is 0 Å². The largest absolute Gasteiger partial charge is 0.390 e. The lowest BCUT2D eigenvalue weighted by molar-refractivity contribution is 0.145. The highest BCUT2D eigenvalue weighted by Crippen LogP contribution is 2.24. The Bertz CT molecular complexity index is 346. The van der Waals surface area contributed by atoms with Gasteiger partial charge < -0.3 is 5.11 Å². The van der Waals surface area contributed by atoms with Gasteiger partial charge in [-0.3, -0.25) is 4.98 Å². The molecule has 1 aromatic heterocycles. The SMILES string of the molecule is N#Cc1ccnc(CO)c1C(F)F. The molecule has 13 heavy (non-hydrogen) atoms. The minimum Gasteiger partial charge on any atom is -0.390 e. The van der Waals surface area contributed by atoms with E-state index in [1.165, 1.54) is 12.3 Å². The van der Waals surface area contributed by atoms with E-state index in [0.717, 1.165) is 0 Å². The van der Waals surface area contributed by atoms with Crippen molar-refractivity contribution in [1.29, 1.82) is 5.26 Å². The number of aliphatic hydroxyl groups excluding tert-OH is 1.